The first-order valence-electron chi connectivity index (χ1n) is 8.51. The van der Waals surface area contributed by atoms with E-state index < -0.39 is 11.0 Å². The Bertz CT molecular complexity index is 764. The van der Waals surface area contributed by atoms with Crippen LogP contribution in [0.1, 0.15) is 37.8 Å². The number of rotatable bonds is 5. The quantitative estimate of drug-likeness (QED) is 0.906. The van der Waals surface area contributed by atoms with Crippen LogP contribution in [0.25, 0.3) is 0 Å². The molecule has 1 N–H and O–H groups in total. The summed E-state index contributed by atoms with van der Waals surface area (Å²) in [6.07, 6.45) is 5.49. The number of carbonyl (C=O) groups excluding carboxylic acids is 1. The highest BCUT2D eigenvalue weighted by Crippen LogP contribution is 2.35. The molecule has 1 atom stereocenters. The van der Waals surface area contributed by atoms with Gasteiger partial charge in [0.05, 0.1) is 18.2 Å². The van der Waals surface area contributed by atoms with Crippen molar-refractivity contribution in [2.24, 2.45) is 7.05 Å². The van der Waals surface area contributed by atoms with E-state index in [0.717, 1.165) is 18.4 Å². The Kier molecular flexibility index (Phi) is 4.64. The molecular weight excluding hydrogens is 321 g/mol. The first-order valence-corrected chi connectivity index (χ1v) is 8.51. The molecule has 0 bridgehead atoms. The molecule has 134 valence electrons. The molecule has 0 aliphatic carbocycles. The average Bonchev–Trinajstić information content (AvgIpc) is 3.22. The Morgan fingerprint density at radius 2 is 2.28 bits per heavy atom. The molecule has 0 saturated carbocycles. The first kappa shape index (κ1) is 17.6. The van der Waals surface area contributed by atoms with Gasteiger partial charge in [0.2, 0.25) is 5.91 Å². The predicted molar refractivity (Wildman–Crippen MR) is 92.5 cm³/mol. The number of nitrogens with one attached hydrogen (secondary N) is 1. The maximum Gasteiger partial charge on any atom is 0.230 e. The Balaban J connectivity index is 1.76. The lowest BCUT2D eigenvalue weighted by Gasteiger charge is -2.30. The second kappa shape index (κ2) is 6.59. The minimum atomic E-state index is -0.836. The Hall–Kier alpha value is -2.21. The molecular formula is C19H24FN3O2. The third kappa shape index (κ3) is 3.44. The van der Waals surface area contributed by atoms with Gasteiger partial charge in [-0.25, -0.2) is 4.39 Å². The minimum absolute atomic E-state index is 0.156. The zero-order valence-corrected chi connectivity index (χ0v) is 14.9. The lowest BCUT2D eigenvalue weighted by Crippen LogP contribution is -2.46. The van der Waals surface area contributed by atoms with Crippen molar-refractivity contribution >= 4 is 5.91 Å². The second-order valence-electron chi connectivity index (χ2n) is 7.17. The number of hydrogen-bond acceptors (Lipinski definition) is 3. The van der Waals surface area contributed by atoms with Gasteiger partial charge < -0.3 is 10.1 Å². The fourth-order valence-electron chi connectivity index (χ4n) is 3.28. The summed E-state index contributed by atoms with van der Waals surface area (Å²) in [5.41, 5.74) is 0.239. The van der Waals surface area contributed by atoms with Gasteiger partial charge in [0, 0.05) is 25.4 Å². The van der Waals surface area contributed by atoms with Gasteiger partial charge in [0.1, 0.15) is 11.4 Å². The molecule has 0 spiro atoms. The van der Waals surface area contributed by atoms with E-state index in [9.17, 15) is 9.18 Å². The Morgan fingerprint density at radius 1 is 1.48 bits per heavy atom. The summed E-state index contributed by atoms with van der Waals surface area (Å²) in [5, 5.41) is 7.23. The Morgan fingerprint density at radius 3 is 2.88 bits per heavy atom. The number of aryl methyl sites for hydroxylation is 1. The van der Waals surface area contributed by atoms with Crippen LogP contribution in [0.2, 0.25) is 0 Å². The number of ether oxygens (including phenoxy) is 1. The van der Waals surface area contributed by atoms with Crippen molar-refractivity contribution in [3.63, 3.8) is 0 Å². The van der Waals surface area contributed by atoms with Gasteiger partial charge >= 0.3 is 0 Å². The summed E-state index contributed by atoms with van der Waals surface area (Å²) in [7, 11) is 1.86. The maximum atomic E-state index is 13.5. The van der Waals surface area contributed by atoms with Gasteiger partial charge in [-0.3, -0.25) is 9.48 Å². The first-order chi connectivity index (χ1) is 11.8. The van der Waals surface area contributed by atoms with Crippen LogP contribution in [0.15, 0.2) is 36.7 Å². The molecule has 1 aromatic carbocycles. The molecule has 5 nitrogen and oxygen atoms in total. The largest absolute Gasteiger partial charge is 0.368 e. The molecule has 3 rings (SSSR count). The number of halogens is 1. The summed E-state index contributed by atoms with van der Waals surface area (Å²) < 4.78 is 21.2. The molecule has 1 aromatic heterocycles. The Labute approximate surface area is 147 Å². The van der Waals surface area contributed by atoms with E-state index in [1.54, 1.807) is 36.9 Å². The summed E-state index contributed by atoms with van der Waals surface area (Å²) in [6, 6.07) is 6.17. The smallest absolute Gasteiger partial charge is 0.230 e. The van der Waals surface area contributed by atoms with Crippen molar-refractivity contribution in [3.05, 3.63) is 53.6 Å². The van der Waals surface area contributed by atoms with Gasteiger partial charge in [0.25, 0.3) is 0 Å². The monoisotopic (exact) mass is 345 g/mol. The molecule has 1 amide bonds. The summed E-state index contributed by atoms with van der Waals surface area (Å²) in [5.74, 6) is -0.499. The van der Waals surface area contributed by atoms with Crippen LogP contribution in [0, 0.1) is 5.82 Å². The highest BCUT2D eigenvalue weighted by molar-refractivity contribution is 5.87. The van der Waals surface area contributed by atoms with Gasteiger partial charge in [-0.1, -0.05) is 12.1 Å². The van der Waals surface area contributed by atoms with Crippen LogP contribution in [-0.4, -0.2) is 28.8 Å². The van der Waals surface area contributed by atoms with Crippen molar-refractivity contribution in [2.75, 3.05) is 13.2 Å². The molecule has 1 fully saturated rings. The van der Waals surface area contributed by atoms with Crippen LogP contribution >= 0.6 is 0 Å². The molecule has 1 aliphatic rings. The van der Waals surface area contributed by atoms with Gasteiger partial charge in [-0.15, -0.1) is 0 Å². The van der Waals surface area contributed by atoms with Gasteiger partial charge in [0.15, 0.2) is 0 Å². The summed E-state index contributed by atoms with van der Waals surface area (Å²) >= 11 is 0. The molecule has 0 radical (unpaired) electrons. The SMILES string of the molecule is Cn1cc(C2(CNC(=O)C(C)(C)c3cccc(F)c3)CCCO2)cn1. The van der Waals surface area contributed by atoms with E-state index in [1.165, 1.54) is 12.1 Å². The fourth-order valence-corrected chi connectivity index (χ4v) is 3.28. The van der Waals surface area contributed by atoms with Crippen LogP contribution in [0.5, 0.6) is 0 Å². The number of benzene rings is 1. The van der Waals surface area contributed by atoms with Crippen LogP contribution in [-0.2, 0) is 27.6 Å². The number of hydrogen-bond donors (Lipinski definition) is 1. The second-order valence-corrected chi connectivity index (χ2v) is 7.17. The topological polar surface area (TPSA) is 56.2 Å². The molecule has 2 heterocycles. The van der Waals surface area contributed by atoms with E-state index >= 15 is 0 Å². The van der Waals surface area contributed by atoms with E-state index in [1.807, 2.05) is 13.2 Å². The zero-order chi connectivity index (χ0) is 18.1. The van der Waals surface area contributed by atoms with E-state index in [0.29, 0.717) is 18.7 Å². The van der Waals surface area contributed by atoms with Crippen LogP contribution in [0.3, 0.4) is 0 Å². The van der Waals surface area contributed by atoms with Crippen molar-refractivity contribution < 1.29 is 13.9 Å². The number of aromatic nitrogens is 2. The lowest BCUT2D eigenvalue weighted by molar-refractivity contribution is -0.127. The van der Waals surface area contributed by atoms with E-state index in [4.69, 9.17) is 4.74 Å². The highest BCUT2D eigenvalue weighted by atomic mass is 19.1. The standard InChI is InChI=1S/C19H24FN3O2/c1-18(2,14-6-4-7-16(20)10-14)17(24)21-13-19(8-5-9-25-19)15-11-22-23(3)12-15/h4,6-7,10-12H,5,8-9,13H2,1-3H3,(H,21,24). The number of nitrogens with zero attached hydrogens (tertiary/aromatic N) is 2. The van der Waals surface area contributed by atoms with Crippen molar-refractivity contribution in [1.29, 1.82) is 0 Å². The summed E-state index contributed by atoms with van der Waals surface area (Å²) in [4.78, 5) is 12.8. The highest BCUT2D eigenvalue weighted by Gasteiger charge is 2.40. The van der Waals surface area contributed by atoms with Crippen LogP contribution < -0.4 is 5.32 Å². The molecule has 25 heavy (non-hydrogen) atoms. The summed E-state index contributed by atoms with van der Waals surface area (Å²) in [6.45, 7) is 4.63. The normalized spacial score (nSPS) is 20.6. The van der Waals surface area contributed by atoms with Gasteiger partial charge in [-0.05, 0) is 44.4 Å². The van der Waals surface area contributed by atoms with Gasteiger partial charge in [-0.2, -0.15) is 5.10 Å². The molecule has 2 aromatic rings. The molecule has 1 aliphatic heterocycles. The van der Waals surface area contributed by atoms with E-state index in [-0.39, 0.29) is 11.7 Å². The third-order valence-corrected chi connectivity index (χ3v) is 4.98. The maximum absolute atomic E-state index is 13.5. The zero-order valence-electron chi connectivity index (χ0n) is 14.9. The molecule has 1 unspecified atom stereocenters. The van der Waals surface area contributed by atoms with Crippen molar-refractivity contribution in [3.8, 4) is 0 Å². The third-order valence-electron chi connectivity index (χ3n) is 4.98. The fraction of sp³-hybridized carbons (Fsp3) is 0.474. The number of carbonyl (C=O) groups is 1. The number of amides is 1. The minimum Gasteiger partial charge on any atom is -0.368 e. The van der Waals surface area contributed by atoms with Crippen LogP contribution in [0.4, 0.5) is 4.39 Å². The van der Waals surface area contributed by atoms with E-state index in [2.05, 4.69) is 10.4 Å². The molecule has 1 saturated heterocycles. The predicted octanol–water partition coefficient (Wildman–Crippen LogP) is 2.66. The van der Waals surface area contributed by atoms with Crippen molar-refractivity contribution in [2.45, 2.75) is 37.7 Å². The van der Waals surface area contributed by atoms with Crippen molar-refractivity contribution in [1.82, 2.24) is 15.1 Å². The lowest BCUT2D eigenvalue weighted by atomic mass is 9.83. The molecule has 6 heteroatoms. The average molecular weight is 345 g/mol.